The summed E-state index contributed by atoms with van der Waals surface area (Å²) in [6, 6.07) is 13.4. The minimum Gasteiger partial charge on any atom is -0.381 e. The number of carbonyl (C=O) groups excluding carboxylic acids is 2. The van der Waals surface area contributed by atoms with Crippen LogP contribution in [0, 0.1) is 11.8 Å². The van der Waals surface area contributed by atoms with Crippen molar-refractivity contribution in [2.24, 2.45) is 7.05 Å². The van der Waals surface area contributed by atoms with Gasteiger partial charge in [-0.2, -0.15) is 5.10 Å². The Hall–Kier alpha value is -6.22. The maximum absolute atomic E-state index is 14.6. The van der Waals surface area contributed by atoms with Crippen molar-refractivity contribution in [2.45, 2.75) is 13.0 Å². The van der Waals surface area contributed by atoms with Crippen LogP contribution in [-0.2, 0) is 7.05 Å². The maximum Gasteiger partial charge on any atom is 0.264 e. The number of hydrogen-bond donors (Lipinski definition) is 2. The van der Waals surface area contributed by atoms with Gasteiger partial charge in [-0.15, -0.1) is 5.10 Å². The molecule has 44 heavy (non-hydrogen) atoms. The second kappa shape index (κ2) is 9.95. The number of nitrogens with zero attached hydrogens (tertiary/aromatic N) is 7. The number of anilines is 2. The molecule has 1 aliphatic heterocycles. The van der Waals surface area contributed by atoms with E-state index < -0.39 is 11.9 Å². The number of carbonyl (C=O) groups is 2. The molecule has 3 N–H and O–H groups in total. The fourth-order valence-electron chi connectivity index (χ4n) is 5.73. The molecule has 7 rings (SSSR count). The van der Waals surface area contributed by atoms with Crippen LogP contribution < -0.4 is 21.5 Å². The molecule has 0 saturated carbocycles. The largest absolute Gasteiger partial charge is 0.381 e. The van der Waals surface area contributed by atoms with E-state index >= 15 is 0 Å². The lowest BCUT2D eigenvalue weighted by Crippen LogP contribution is -2.35. The van der Waals surface area contributed by atoms with E-state index in [0.29, 0.717) is 44.5 Å². The Balaban J connectivity index is 1.47. The van der Waals surface area contributed by atoms with Crippen molar-refractivity contribution >= 4 is 39.7 Å². The number of pyridine rings is 1. The highest BCUT2D eigenvalue weighted by atomic mass is 16.2. The molecule has 0 saturated heterocycles. The first kappa shape index (κ1) is 26.7. The summed E-state index contributed by atoms with van der Waals surface area (Å²) in [7, 11) is 3.46. The second-order valence-electron chi connectivity index (χ2n) is 10.5. The van der Waals surface area contributed by atoms with Crippen LogP contribution in [-0.4, -0.2) is 47.8 Å². The first-order chi connectivity index (χ1) is 21.2. The van der Waals surface area contributed by atoms with Gasteiger partial charge in [-0.25, -0.2) is 9.50 Å². The number of fused-ring (bicyclic) bond motifs is 1. The number of hydrogen-bond acceptors (Lipinski definition) is 7. The minimum absolute atomic E-state index is 0.00632. The Bertz CT molecular complexity index is 2290. The minimum atomic E-state index is -0.818. The summed E-state index contributed by atoms with van der Waals surface area (Å²) in [5.74, 6) is 5.36. The molecule has 2 aromatic carbocycles. The van der Waals surface area contributed by atoms with Crippen LogP contribution in [0.1, 0.15) is 50.5 Å². The zero-order valence-electron chi connectivity index (χ0n) is 23.9. The van der Waals surface area contributed by atoms with E-state index in [0.717, 1.165) is 0 Å². The van der Waals surface area contributed by atoms with Crippen LogP contribution in [0.3, 0.4) is 0 Å². The third kappa shape index (κ3) is 4.02. The fourth-order valence-corrected chi connectivity index (χ4v) is 5.73. The molecule has 0 fully saturated rings. The van der Waals surface area contributed by atoms with E-state index in [1.165, 1.54) is 14.0 Å². The van der Waals surface area contributed by atoms with E-state index in [1.54, 1.807) is 93.0 Å². The number of aryl methyl sites for hydroxylation is 1. The fraction of sp³-hybridized carbons (Fsp3) is 0.125. The summed E-state index contributed by atoms with van der Waals surface area (Å²) in [6.07, 6.45) is 6.60. The smallest absolute Gasteiger partial charge is 0.264 e. The van der Waals surface area contributed by atoms with Crippen LogP contribution >= 0.6 is 0 Å². The molecule has 0 radical (unpaired) electrons. The molecule has 4 aromatic heterocycles. The van der Waals surface area contributed by atoms with Crippen LogP contribution in [0.4, 0.5) is 11.5 Å². The van der Waals surface area contributed by atoms with E-state index in [9.17, 15) is 14.4 Å². The summed E-state index contributed by atoms with van der Waals surface area (Å²) in [5, 5.41) is 12.1. The summed E-state index contributed by atoms with van der Waals surface area (Å²) in [5.41, 5.74) is 9.04. The molecular formula is C32H25N9O3. The number of nitrogen functional groups attached to an aromatic ring is 1. The van der Waals surface area contributed by atoms with Crippen molar-refractivity contribution < 1.29 is 9.59 Å². The number of nitrogens with one attached hydrogen (secondary N) is 1. The van der Waals surface area contributed by atoms with Gasteiger partial charge in [0.25, 0.3) is 17.4 Å². The summed E-state index contributed by atoms with van der Waals surface area (Å²) >= 11 is 0. The molecule has 12 heteroatoms. The van der Waals surface area contributed by atoms with Gasteiger partial charge in [-0.05, 0) is 37.3 Å². The van der Waals surface area contributed by atoms with Gasteiger partial charge in [0.1, 0.15) is 5.56 Å². The van der Waals surface area contributed by atoms with Gasteiger partial charge in [0.2, 0.25) is 0 Å². The quantitative estimate of drug-likeness (QED) is 0.304. The molecule has 216 valence electrons. The van der Waals surface area contributed by atoms with Crippen molar-refractivity contribution in [3.8, 4) is 17.5 Å². The molecule has 0 bridgehead atoms. The summed E-state index contributed by atoms with van der Waals surface area (Å²) < 4.78 is 4.55. The molecule has 1 atom stereocenters. The standard InChI is InChI=1S/C32H25N9O3/c1-18(36-30(42)26-28(33)37-40-15-7-14-34-29(26)40)27-25-24-22(39(3)31(25)43)13-12-20(11-10-19-16-35-38(2)17-19)23(24)32(44)41(27)21-8-5-4-6-9-21/h4-9,12-18H,1-3H3,(H2,33,37)(H,36,42)/t18-/m1/s1. The number of amides is 2. The zero-order valence-corrected chi connectivity index (χ0v) is 23.9. The number of nitrogens with two attached hydrogens (primary N) is 1. The molecule has 6 aromatic rings. The van der Waals surface area contributed by atoms with Crippen molar-refractivity contribution in [1.82, 2.24) is 34.3 Å². The lowest BCUT2D eigenvalue weighted by molar-refractivity contribution is 0.0935. The number of aromatic nitrogens is 6. The molecule has 0 unspecified atom stereocenters. The predicted octanol–water partition coefficient (Wildman–Crippen LogP) is 2.83. The molecule has 5 heterocycles. The van der Waals surface area contributed by atoms with Gasteiger partial charge in [0.15, 0.2) is 11.5 Å². The van der Waals surface area contributed by atoms with Gasteiger partial charge < -0.3 is 16.0 Å². The molecule has 12 nitrogen and oxygen atoms in total. The number of rotatable bonds is 4. The SMILES string of the molecule is C[C@@H](NC(=O)c1c(N)nn2cccnc12)c1c2c3c(ccc(C#Cc4cnn(C)c4)c3c(=O)n1-c1ccccc1)N(C)C2=O. The molecule has 0 spiro atoms. The first-order valence-corrected chi connectivity index (χ1v) is 13.7. The second-order valence-corrected chi connectivity index (χ2v) is 10.5. The Labute approximate surface area is 250 Å². The first-order valence-electron chi connectivity index (χ1n) is 13.7. The molecule has 2 amide bonds. The van der Waals surface area contributed by atoms with Gasteiger partial charge in [-0.3, -0.25) is 23.6 Å². The van der Waals surface area contributed by atoms with Gasteiger partial charge >= 0.3 is 0 Å². The average molecular weight is 584 g/mol. The lowest BCUT2D eigenvalue weighted by Gasteiger charge is -2.23. The average Bonchev–Trinajstić information content (AvgIpc) is 3.67. The highest BCUT2D eigenvalue weighted by Gasteiger charge is 2.36. The highest BCUT2D eigenvalue weighted by Crippen LogP contribution is 2.40. The summed E-state index contributed by atoms with van der Waals surface area (Å²) in [4.78, 5) is 47.9. The summed E-state index contributed by atoms with van der Waals surface area (Å²) in [6.45, 7) is 1.72. The van der Waals surface area contributed by atoms with Crippen molar-refractivity contribution in [2.75, 3.05) is 17.7 Å². The number of para-hydroxylation sites is 1. The third-order valence-corrected chi connectivity index (χ3v) is 7.70. The Kier molecular flexibility index (Phi) is 6.03. The van der Waals surface area contributed by atoms with Gasteiger partial charge in [0.05, 0.1) is 40.1 Å². The normalized spacial score (nSPS) is 12.9. The maximum atomic E-state index is 14.6. The highest BCUT2D eigenvalue weighted by molar-refractivity contribution is 6.26. The third-order valence-electron chi connectivity index (χ3n) is 7.70. The van der Waals surface area contributed by atoms with Crippen LogP contribution in [0.5, 0.6) is 0 Å². The van der Waals surface area contributed by atoms with Crippen molar-refractivity contribution in [1.29, 1.82) is 0 Å². The number of benzene rings is 2. The molecule has 1 aliphatic rings. The topological polar surface area (TPSA) is 145 Å². The Morgan fingerprint density at radius 3 is 2.57 bits per heavy atom. The van der Waals surface area contributed by atoms with Crippen molar-refractivity contribution in [3.63, 3.8) is 0 Å². The van der Waals surface area contributed by atoms with Crippen molar-refractivity contribution in [3.05, 3.63) is 112 Å². The van der Waals surface area contributed by atoms with Crippen LogP contribution in [0.25, 0.3) is 22.1 Å². The van der Waals surface area contributed by atoms with E-state index in [-0.39, 0.29) is 28.5 Å². The van der Waals surface area contributed by atoms with Gasteiger partial charge in [-0.1, -0.05) is 30.0 Å². The zero-order chi connectivity index (χ0) is 30.7. The Morgan fingerprint density at radius 2 is 1.82 bits per heavy atom. The Morgan fingerprint density at radius 1 is 1.02 bits per heavy atom. The van der Waals surface area contributed by atoms with Gasteiger partial charge in [0, 0.05) is 49.3 Å². The lowest BCUT2D eigenvalue weighted by atomic mass is 9.97. The monoisotopic (exact) mass is 583 g/mol. The van der Waals surface area contributed by atoms with E-state index in [1.807, 2.05) is 6.07 Å². The molecular weight excluding hydrogens is 558 g/mol. The van der Waals surface area contributed by atoms with E-state index in [4.69, 9.17) is 5.73 Å². The van der Waals surface area contributed by atoms with E-state index in [2.05, 4.69) is 32.3 Å². The predicted molar refractivity (Wildman–Crippen MR) is 165 cm³/mol. The van der Waals surface area contributed by atoms with Crippen LogP contribution in [0.15, 0.2) is 78.1 Å². The molecule has 0 aliphatic carbocycles. The van der Waals surface area contributed by atoms with Crippen LogP contribution in [0.2, 0.25) is 0 Å².